The molecule has 0 radical (unpaired) electrons. The first kappa shape index (κ1) is 14.1. The van der Waals surface area contributed by atoms with Crippen LogP contribution in [0.15, 0.2) is 30.4 Å². The molecule has 20 heavy (non-hydrogen) atoms. The molecule has 1 aliphatic rings. The molecule has 1 heterocycles. The van der Waals surface area contributed by atoms with Gasteiger partial charge in [0, 0.05) is 25.7 Å². The number of fused-ring (bicyclic) bond motifs is 1. The van der Waals surface area contributed by atoms with E-state index >= 15 is 0 Å². The van der Waals surface area contributed by atoms with E-state index in [1.165, 1.54) is 11.0 Å². The van der Waals surface area contributed by atoms with Gasteiger partial charge in [-0.05, 0) is 11.6 Å². The van der Waals surface area contributed by atoms with Gasteiger partial charge in [-0.25, -0.2) is 0 Å². The summed E-state index contributed by atoms with van der Waals surface area (Å²) in [7, 11) is 1.61. The number of nitrogens with zero attached hydrogens (tertiary/aromatic N) is 1. The molecule has 106 valence electrons. The fraction of sp³-hybridized carbons (Fsp3) is 0.231. The first-order valence-electron chi connectivity index (χ1n) is 5.72. The Labute approximate surface area is 112 Å². The number of carbonyl (C=O) groups excluding carboxylic acids is 2. The van der Waals surface area contributed by atoms with Crippen LogP contribution in [0.5, 0.6) is 0 Å². The van der Waals surface area contributed by atoms with E-state index in [0.29, 0.717) is 18.2 Å². The molecular formula is C13H11F3N2O2. The Morgan fingerprint density at radius 3 is 2.75 bits per heavy atom. The zero-order chi connectivity index (χ0) is 14.9. The predicted octanol–water partition coefficient (Wildman–Crippen LogP) is 2.33. The van der Waals surface area contributed by atoms with E-state index in [2.05, 4.69) is 5.32 Å². The minimum atomic E-state index is -4.55. The molecule has 2 amide bonds. The molecule has 1 aliphatic heterocycles. The van der Waals surface area contributed by atoms with Crippen molar-refractivity contribution in [2.45, 2.75) is 12.7 Å². The minimum absolute atomic E-state index is 0.153. The maximum atomic E-state index is 12.0. The van der Waals surface area contributed by atoms with Gasteiger partial charge in [-0.3, -0.25) is 9.59 Å². The molecule has 0 saturated carbocycles. The summed E-state index contributed by atoms with van der Waals surface area (Å²) in [4.78, 5) is 24.8. The molecule has 0 atom stereocenters. The summed E-state index contributed by atoms with van der Waals surface area (Å²) in [5, 5.41) is 2.29. The lowest BCUT2D eigenvalue weighted by Gasteiger charge is -2.08. The summed E-state index contributed by atoms with van der Waals surface area (Å²) in [6, 6.07) is 4.85. The van der Waals surface area contributed by atoms with Gasteiger partial charge in [-0.2, -0.15) is 13.2 Å². The van der Waals surface area contributed by atoms with Crippen molar-refractivity contribution in [2.24, 2.45) is 0 Å². The summed E-state index contributed by atoms with van der Waals surface area (Å²) in [5.41, 5.74) is 1.27. The van der Waals surface area contributed by atoms with Crippen molar-refractivity contribution in [3.63, 3.8) is 0 Å². The molecule has 0 unspecified atom stereocenters. The highest BCUT2D eigenvalue weighted by atomic mass is 19.4. The van der Waals surface area contributed by atoms with Crippen molar-refractivity contribution in [2.75, 3.05) is 12.4 Å². The van der Waals surface area contributed by atoms with Gasteiger partial charge in [0.25, 0.3) is 5.91 Å². The van der Waals surface area contributed by atoms with Crippen molar-refractivity contribution in [3.05, 3.63) is 41.5 Å². The Morgan fingerprint density at radius 1 is 1.40 bits per heavy atom. The second-order valence-electron chi connectivity index (χ2n) is 4.37. The Kier molecular flexibility index (Phi) is 3.52. The number of benzene rings is 1. The average molecular weight is 284 g/mol. The second kappa shape index (κ2) is 4.99. The number of anilines is 1. The number of rotatable bonds is 2. The summed E-state index contributed by atoms with van der Waals surface area (Å²) in [6.45, 7) is 0.413. The second-order valence-corrected chi connectivity index (χ2v) is 4.37. The van der Waals surface area contributed by atoms with Gasteiger partial charge in [0.1, 0.15) is 0 Å². The number of nitrogens with one attached hydrogen (secondary N) is 1. The van der Waals surface area contributed by atoms with Crippen LogP contribution in [0, 0.1) is 0 Å². The lowest BCUT2D eigenvalue weighted by molar-refractivity contribution is -0.112. The van der Waals surface area contributed by atoms with E-state index in [1.54, 1.807) is 19.2 Å². The van der Waals surface area contributed by atoms with Crippen LogP contribution >= 0.6 is 0 Å². The minimum Gasteiger partial charge on any atom is -0.337 e. The van der Waals surface area contributed by atoms with Gasteiger partial charge >= 0.3 is 6.18 Å². The average Bonchev–Trinajstić information content (AvgIpc) is 2.63. The van der Waals surface area contributed by atoms with Crippen LogP contribution in [0.2, 0.25) is 0 Å². The highest BCUT2D eigenvalue weighted by Gasteiger charge is 2.28. The monoisotopic (exact) mass is 284 g/mol. The Morgan fingerprint density at radius 2 is 2.10 bits per heavy atom. The summed E-state index contributed by atoms with van der Waals surface area (Å²) >= 11 is 0. The molecule has 0 bridgehead atoms. The number of carbonyl (C=O) groups is 2. The summed E-state index contributed by atoms with van der Waals surface area (Å²) < 4.78 is 35.9. The van der Waals surface area contributed by atoms with Gasteiger partial charge < -0.3 is 10.2 Å². The number of amides is 2. The topological polar surface area (TPSA) is 49.4 Å². The molecule has 1 aromatic rings. The summed E-state index contributed by atoms with van der Waals surface area (Å²) in [5.74, 6) is -1.20. The van der Waals surface area contributed by atoms with Gasteiger partial charge in [-0.15, -0.1) is 0 Å². The Hall–Kier alpha value is -2.31. The number of hydrogen-bond acceptors (Lipinski definition) is 2. The zero-order valence-corrected chi connectivity index (χ0v) is 10.5. The first-order valence-corrected chi connectivity index (χ1v) is 5.72. The van der Waals surface area contributed by atoms with Gasteiger partial charge in [0.15, 0.2) is 0 Å². The van der Waals surface area contributed by atoms with E-state index in [1.807, 2.05) is 0 Å². The maximum absolute atomic E-state index is 12.0. The van der Waals surface area contributed by atoms with E-state index in [0.717, 1.165) is 5.56 Å². The van der Waals surface area contributed by atoms with Crippen LogP contribution in [-0.4, -0.2) is 29.9 Å². The third-order valence-corrected chi connectivity index (χ3v) is 2.80. The van der Waals surface area contributed by atoms with Crippen LogP contribution in [0.25, 0.3) is 0 Å². The molecule has 0 aliphatic carbocycles. The lowest BCUT2D eigenvalue weighted by Crippen LogP contribution is -2.19. The number of alkyl halides is 3. The number of halogens is 3. The van der Waals surface area contributed by atoms with E-state index < -0.39 is 12.1 Å². The predicted molar refractivity (Wildman–Crippen MR) is 66.1 cm³/mol. The van der Waals surface area contributed by atoms with Crippen LogP contribution < -0.4 is 5.32 Å². The molecule has 0 saturated heterocycles. The fourth-order valence-electron chi connectivity index (χ4n) is 1.95. The third kappa shape index (κ3) is 2.98. The van der Waals surface area contributed by atoms with Gasteiger partial charge in [-0.1, -0.05) is 12.1 Å². The van der Waals surface area contributed by atoms with Gasteiger partial charge in [0.05, 0.1) is 11.3 Å². The van der Waals surface area contributed by atoms with E-state index in [-0.39, 0.29) is 17.7 Å². The molecule has 0 aromatic heterocycles. The van der Waals surface area contributed by atoms with E-state index in [4.69, 9.17) is 0 Å². The number of hydrogen-bond donors (Lipinski definition) is 1. The van der Waals surface area contributed by atoms with Crippen LogP contribution in [0.4, 0.5) is 18.9 Å². The smallest absolute Gasteiger partial charge is 0.337 e. The quantitative estimate of drug-likeness (QED) is 0.847. The Balaban J connectivity index is 2.20. The fourth-order valence-corrected chi connectivity index (χ4v) is 1.95. The van der Waals surface area contributed by atoms with Crippen molar-refractivity contribution in [1.82, 2.24) is 4.90 Å². The lowest BCUT2D eigenvalue weighted by atomic mass is 10.1. The molecule has 0 spiro atoms. The van der Waals surface area contributed by atoms with E-state index in [9.17, 15) is 22.8 Å². The normalized spacial score (nSPS) is 14.8. The highest BCUT2D eigenvalue weighted by molar-refractivity contribution is 6.08. The highest BCUT2D eigenvalue weighted by Crippen LogP contribution is 2.28. The van der Waals surface area contributed by atoms with Crippen molar-refractivity contribution in [1.29, 1.82) is 0 Å². The van der Waals surface area contributed by atoms with Crippen molar-refractivity contribution in [3.8, 4) is 0 Å². The Bertz CT molecular complexity index is 594. The SMILES string of the molecule is CN1Cc2cccc(NC(=O)C=CC(F)(F)F)c2C1=O. The third-order valence-electron chi connectivity index (χ3n) is 2.80. The van der Waals surface area contributed by atoms with Crippen LogP contribution in [0.1, 0.15) is 15.9 Å². The van der Waals surface area contributed by atoms with Crippen molar-refractivity contribution >= 4 is 17.5 Å². The largest absolute Gasteiger partial charge is 0.409 e. The first-order chi connectivity index (χ1) is 9.28. The molecular weight excluding hydrogens is 273 g/mol. The molecule has 2 rings (SSSR count). The van der Waals surface area contributed by atoms with Gasteiger partial charge in [0.2, 0.25) is 5.91 Å². The van der Waals surface area contributed by atoms with Crippen LogP contribution in [-0.2, 0) is 11.3 Å². The summed E-state index contributed by atoms with van der Waals surface area (Å²) in [6.07, 6.45) is -4.31. The van der Waals surface area contributed by atoms with Crippen LogP contribution in [0.3, 0.4) is 0 Å². The molecule has 4 nitrogen and oxygen atoms in total. The number of allylic oxidation sites excluding steroid dienone is 1. The zero-order valence-electron chi connectivity index (χ0n) is 10.5. The molecule has 1 N–H and O–H groups in total. The molecule has 7 heteroatoms. The molecule has 1 aromatic carbocycles. The molecule has 0 fully saturated rings. The maximum Gasteiger partial charge on any atom is 0.409 e. The van der Waals surface area contributed by atoms with Crippen molar-refractivity contribution < 1.29 is 22.8 Å². The standard InChI is InChI=1S/C13H11F3N2O2/c1-18-7-8-3-2-4-9(11(8)12(18)20)17-10(19)5-6-13(14,15)16/h2-6H,7H2,1H3,(H,17,19).